The molecule has 0 N–H and O–H groups in total. The highest BCUT2D eigenvalue weighted by atomic mass is 16.1. The van der Waals surface area contributed by atoms with Gasteiger partial charge in [-0.1, -0.05) is 23.8 Å². The van der Waals surface area contributed by atoms with Gasteiger partial charge >= 0.3 is 0 Å². The Bertz CT molecular complexity index is 273. The third kappa shape index (κ3) is 2.83. The molecule has 0 aromatic carbocycles. The van der Waals surface area contributed by atoms with E-state index in [1.54, 1.807) is 6.92 Å². The summed E-state index contributed by atoms with van der Waals surface area (Å²) in [5.74, 6) is 1.20. The van der Waals surface area contributed by atoms with Gasteiger partial charge in [-0.05, 0) is 45.4 Å². The second-order valence-electron chi connectivity index (χ2n) is 4.57. The first-order valence-corrected chi connectivity index (χ1v) is 5.33. The van der Waals surface area contributed by atoms with Gasteiger partial charge in [0.05, 0.1) is 0 Å². The van der Waals surface area contributed by atoms with Crippen LogP contribution in [-0.4, -0.2) is 5.78 Å². The normalized spacial score (nSPS) is 26.9. The zero-order valence-electron chi connectivity index (χ0n) is 9.47. The van der Waals surface area contributed by atoms with Gasteiger partial charge in [-0.3, -0.25) is 0 Å². The fraction of sp³-hybridized carbons (Fsp3) is 0.615. The number of Topliss-reactive ketones (excluding diaryl/α,β-unsaturated/α-hetero) is 1. The molecule has 14 heavy (non-hydrogen) atoms. The van der Waals surface area contributed by atoms with Crippen LogP contribution in [0.25, 0.3) is 0 Å². The van der Waals surface area contributed by atoms with E-state index in [4.69, 9.17) is 0 Å². The summed E-state index contributed by atoms with van der Waals surface area (Å²) >= 11 is 0. The minimum Gasteiger partial charge on any atom is -0.300 e. The summed E-state index contributed by atoms with van der Waals surface area (Å²) in [7, 11) is 0. The van der Waals surface area contributed by atoms with E-state index in [2.05, 4.69) is 26.5 Å². The predicted molar refractivity (Wildman–Crippen MR) is 60.1 cm³/mol. The maximum absolute atomic E-state index is 11.1. The summed E-state index contributed by atoms with van der Waals surface area (Å²) in [6.45, 7) is 9.92. The Kier molecular flexibility index (Phi) is 3.68. The summed E-state index contributed by atoms with van der Waals surface area (Å²) in [5.41, 5.74) is 2.65. The van der Waals surface area contributed by atoms with Crippen molar-refractivity contribution in [1.82, 2.24) is 0 Å². The molecule has 1 aliphatic rings. The highest BCUT2D eigenvalue weighted by molar-refractivity contribution is 5.76. The molecular weight excluding hydrogens is 172 g/mol. The Morgan fingerprint density at radius 1 is 1.57 bits per heavy atom. The summed E-state index contributed by atoms with van der Waals surface area (Å²) in [6, 6.07) is 0. The first-order chi connectivity index (χ1) is 6.50. The molecule has 0 saturated carbocycles. The van der Waals surface area contributed by atoms with Gasteiger partial charge in [-0.2, -0.15) is 0 Å². The van der Waals surface area contributed by atoms with Crippen molar-refractivity contribution in [3.63, 3.8) is 0 Å². The van der Waals surface area contributed by atoms with Gasteiger partial charge in [0, 0.05) is 6.42 Å². The molecule has 0 heterocycles. The minimum absolute atomic E-state index is 0.284. The molecule has 0 aromatic heterocycles. The molecule has 0 bridgehead atoms. The highest BCUT2D eigenvalue weighted by Crippen LogP contribution is 2.34. The summed E-state index contributed by atoms with van der Waals surface area (Å²) in [5, 5.41) is 0. The van der Waals surface area contributed by atoms with Crippen LogP contribution >= 0.6 is 0 Å². The maximum atomic E-state index is 11.1. The van der Waals surface area contributed by atoms with E-state index < -0.39 is 0 Å². The molecule has 0 fully saturated rings. The van der Waals surface area contributed by atoms with Gasteiger partial charge in [0.25, 0.3) is 0 Å². The van der Waals surface area contributed by atoms with Crippen LogP contribution in [0.3, 0.4) is 0 Å². The Labute approximate surface area is 86.9 Å². The van der Waals surface area contributed by atoms with Gasteiger partial charge in [0.15, 0.2) is 0 Å². The van der Waals surface area contributed by atoms with E-state index in [1.165, 1.54) is 11.1 Å². The maximum Gasteiger partial charge on any atom is 0.130 e. The van der Waals surface area contributed by atoms with Gasteiger partial charge in [0.1, 0.15) is 5.78 Å². The van der Waals surface area contributed by atoms with Crippen LogP contribution in [0.2, 0.25) is 0 Å². The number of rotatable bonds is 3. The van der Waals surface area contributed by atoms with Gasteiger partial charge in [-0.25, -0.2) is 0 Å². The van der Waals surface area contributed by atoms with Gasteiger partial charge in [-0.15, -0.1) is 0 Å². The van der Waals surface area contributed by atoms with Crippen LogP contribution < -0.4 is 0 Å². The molecule has 1 aliphatic carbocycles. The molecule has 1 rings (SSSR count). The number of carbonyl (C=O) groups is 1. The lowest BCUT2D eigenvalue weighted by Crippen LogP contribution is -2.20. The van der Waals surface area contributed by atoms with E-state index in [-0.39, 0.29) is 5.78 Å². The lowest BCUT2D eigenvalue weighted by molar-refractivity contribution is -0.117. The average Bonchev–Trinajstić information content (AvgIpc) is 2.01. The van der Waals surface area contributed by atoms with Crippen LogP contribution in [-0.2, 0) is 4.79 Å². The summed E-state index contributed by atoms with van der Waals surface area (Å²) in [4.78, 5) is 11.1. The van der Waals surface area contributed by atoms with E-state index in [1.807, 2.05) is 0 Å². The van der Waals surface area contributed by atoms with Crippen LogP contribution in [0.4, 0.5) is 0 Å². The molecule has 78 valence electrons. The van der Waals surface area contributed by atoms with E-state index in [9.17, 15) is 4.79 Å². The van der Waals surface area contributed by atoms with E-state index in [0.717, 1.165) is 12.8 Å². The second-order valence-corrected chi connectivity index (χ2v) is 4.57. The third-order valence-corrected chi connectivity index (χ3v) is 3.02. The minimum atomic E-state index is 0.284. The molecule has 0 aliphatic heterocycles. The van der Waals surface area contributed by atoms with Crippen molar-refractivity contribution in [2.24, 2.45) is 11.8 Å². The molecule has 1 heteroatoms. The van der Waals surface area contributed by atoms with E-state index >= 15 is 0 Å². The molecule has 1 nitrogen and oxygen atoms in total. The summed E-state index contributed by atoms with van der Waals surface area (Å²) in [6.07, 6.45) is 5.26. The van der Waals surface area contributed by atoms with Crippen molar-refractivity contribution in [2.45, 2.75) is 40.0 Å². The Balaban J connectivity index is 2.77. The Hall–Kier alpha value is -0.850. The monoisotopic (exact) mass is 192 g/mol. The molecule has 0 spiro atoms. The fourth-order valence-corrected chi connectivity index (χ4v) is 2.31. The lowest BCUT2D eigenvalue weighted by Gasteiger charge is -2.29. The SMILES string of the molecule is C=C(C)[C@@H]1CCC(C)=C[C@@H]1CC(C)=O. The topological polar surface area (TPSA) is 17.1 Å². The van der Waals surface area contributed by atoms with Crippen molar-refractivity contribution in [1.29, 1.82) is 0 Å². The van der Waals surface area contributed by atoms with E-state index in [0.29, 0.717) is 18.3 Å². The molecule has 0 radical (unpaired) electrons. The third-order valence-electron chi connectivity index (χ3n) is 3.02. The molecule has 0 unspecified atom stereocenters. The Morgan fingerprint density at radius 2 is 2.21 bits per heavy atom. The molecule has 0 saturated heterocycles. The number of hydrogen-bond donors (Lipinski definition) is 0. The van der Waals surface area contributed by atoms with Crippen LogP contribution in [0.15, 0.2) is 23.8 Å². The summed E-state index contributed by atoms with van der Waals surface area (Å²) < 4.78 is 0. The van der Waals surface area contributed by atoms with Crippen LogP contribution in [0.5, 0.6) is 0 Å². The molecule has 0 amide bonds. The average molecular weight is 192 g/mol. The van der Waals surface area contributed by atoms with Crippen LogP contribution in [0.1, 0.15) is 40.0 Å². The van der Waals surface area contributed by atoms with Crippen LogP contribution in [0, 0.1) is 11.8 Å². The zero-order valence-corrected chi connectivity index (χ0v) is 9.47. The van der Waals surface area contributed by atoms with Crippen molar-refractivity contribution in [2.75, 3.05) is 0 Å². The van der Waals surface area contributed by atoms with Gasteiger partial charge < -0.3 is 4.79 Å². The number of allylic oxidation sites excluding steroid dienone is 3. The first kappa shape index (κ1) is 11.2. The van der Waals surface area contributed by atoms with Crippen molar-refractivity contribution in [3.05, 3.63) is 23.8 Å². The standard InChI is InChI=1S/C13H20O/c1-9(2)13-6-5-10(3)7-12(13)8-11(4)14/h7,12-13H,1,5-6,8H2,2-4H3/t12-,13+/m1/s1. The highest BCUT2D eigenvalue weighted by Gasteiger charge is 2.24. The number of hydrogen-bond acceptors (Lipinski definition) is 1. The Morgan fingerprint density at radius 3 is 2.71 bits per heavy atom. The molecule has 2 atom stereocenters. The molecule has 0 aromatic rings. The second kappa shape index (κ2) is 4.59. The van der Waals surface area contributed by atoms with Crippen molar-refractivity contribution < 1.29 is 4.79 Å². The fourth-order valence-electron chi connectivity index (χ4n) is 2.31. The largest absolute Gasteiger partial charge is 0.300 e. The smallest absolute Gasteiger partial charge is 0.130 e. The van der Waals surface area contributed by atoms with Gasteiger partial charge in [0.2, 0.25) is 0 Å². The lowest BCUT2D eigenvalue weighted by atomic mass is 9.75. The zero-order chi connectivity index (χ0) is 10.7. The molecular formula is C13H20O. The number of ketones is 1. The first-order valence-electron chi connectivity index (χ1n) is 5.33. The quantitative estimate of drug-likeness (QED) is 0.625. The van der Waals surface area contributed by atoms with Crippen molar-refractivity contribution in [3.8, 4) is 0 Å². The predicted octanol–water partition coefficient (Wildman–Crippen LogP) is 3.51. The number of carbonyl (C=O) groups excluding carboxylic acids is 1. The van der Waals surface area contributed by atoms with Crippen molar-refractivity contribution >= 4 is 5.78 Å².